The van der Waals surface area contributed by atoms with Crippen molar-refractivity contribution >= 4 is 39.7 Å². The topological polar surface area (TPSA) is 100 Å². The van der Waals surface area contributed by atoms with Crippen LogP contribution < -0.4 is 15.4 Å². The Balaban J connectivity index is 2.08. The fourth-order valence-corrected chi connectivity index (χ4v) is 3.86. The zero-order valence-electron chi connectivity index (χ0n) is 15.2. The predicted molar refractivity (Wildman–Crippen MR) is 106 cm³/mol. The Hall–Kier alpha value is -3.26. The number of para-hydroxylation sites is 1. The highest BCUT2D eigenvalue weighted by molar-refractivity contribution is 7.99. The van der Waals surface area contributed by atoms with Gasteiger partial charge in [0, 0.05) is 16.7 Å². The van der Waals surface area contributed by atoms with Crippen LogP contribution in [0.5, 0.6) is 5.75 Å². The fraction of sp³-hybridized carbons (Fsp3) is 0.150. The van der Waals surface area contributed by atoms with Crippen LogP contribution in [0, 0.1) is 6.92 Å². The molecule has 0 spiro atoms. The number of hydrogen-bond donors (Lipinski definition) is 1. The Labute approximate surface area is 164 Å². The van der Waals surface area contributed by atoms with E-state index in [9.17, 15) is 14.7 Å². The number of methoxy groups -OCH3 is 1. The summed E-state index contributed by atoms with van der Waals surface area (Å²) in [4.78, 5) is 32.2. The van der Waals surface area contributed by atoms with E-state index >= 15 is 0 Å². The van der Waals surface area contributed by atoms with Gasteiger partial charge in [-0.3, -0.25) is 4.79 Å². The molecule has 0 aliphatic rings. The predicted octanol–water partition coefficient (Wildman–Crippen LogP) is 2.03. The van der Waals surface area contributed by atoms with E-state index in [1.807, 2.05) is 37.3 Å². The molecule has 142 valence electrons. The summed E-state index contributed by atoms with van der Waals surface area (Å²) in [7, 11) is 1.52. The van der Waals surface area contributed by atoms with Crippen molar-refractivity contribution in [3.05, 3.63) is 58.4 Å². The summed E-state index contributed by atoms with van der Waals surface area (Å²) in [5.41, 5.74) is 2.74. The van der Waals surface area contributed by atoms with Gasteiger partial charge in [-0.05, 0) is 30.7 Å². The van der Waals surface area contributed by atoms with Gasteiger partial charge in [0.1, 0.15) is 16.8 Å². The average molecular weight is 394 g/mol. The molecule has 0 saturated heterocycles. The largest absolute Gasteiger partial charge is 0.549 e. The normalized spacial score (nSPS) is 11.2. The van der Waals surface area contributed by atoms with Gasteiger partial charge in [0.25, 0.3) is 5.56 Å². The Morgan fingerprint density at radius 2 is 2.07 bits per heavy atom. The van der Waals surface area contributed by atoms with Gasteiger partial charge in [0.2, 0.25) is 0 Å². The van der Waals surface area contributed by atoms with Crippen molar-refractivity contribution < 1.29 is 14.6 Å². The smallest absolute Gasteiger partial charge is 0.283 e. The van der Waals surface area contributed by atoms with Crippen molar-refractivity contribution in [1.82, 2.24) is 14.5 Å². The number of H-pyrrole nitrogens is 1. The third-order valence-corrected chi connectivity index (χ3v) is 5.30. The number of rotatable bonds is 5. The first-order valence-corrected chi connectivity index (χ1v) is 9.49. The van der Waals surface area contributed by atoms with Gasteiger partial charge in [0.15, 0.2) is 5.16 Å². The van der Waals surface area contributed by atoms with Gasteiger partial charge in [0.05, 0.1) is 18.8 Å². The monoisotopic (exact) mass is 394 g/mol. The van der Waals surface area contributed by atoms with Crippen LogP contribution in [0.4, 0.5) is 0 Å². The number of aliphatic carboxylic acids is 1. The molecule has 2 aromatic heterocycles. The molecule has 28 heavy (non-hydrogen) atoms. The number of hydrogen-bond acceptors (Lipinski definition) is 6. The molecular formula is C20H16N3O4S-. The number of nitrogens with one attached hydrogen (secondary N) is 1. The van der Waals surface area contributed by atoms with E-state index in [0.29, 0.717) is 22.5 Å². The Bertz CT molecular complexity index is 1280. The van der Waals surface area contributed by atoms with Gasteiger partial charge in [-0.15, -0.1) is 0 Å². The molecule has 2 heterocycles. The fourth-order valence-electron chi connectivity index (χ4n) is 3.15. The van der Waals surface area contributed by atoms with Gasteiger partial charge in [-0.25, -0.2) is 9.55 Å². The summed E-state index contributed by atoms with van der Waals surface area (Å²) in [6.45, 7) is 1.90. The van der Waals surface area contributed by atoms with Crippen LogP contribution in [0.1, 0.15) is 5.56 Å². The molecule has 0 fully saturated rings. The quantitative estimate of drug-likeness (QED) is 0.411. The maximum atomic E-state index is 13.4. The number of aromatic amines is 1. The first-order chi connectivity index (χ1) is 13.5. The number of nitrogens with zero attached hydrogens (tertiary/aromatic N) is 2. The van der Waals surface area contributed by atoms with E-state index in [1.165, 1.54) is 11.7 Å². The van der Waals surface area contributed by atoms with E-state index in [-0.39, 0.29) is 16.5 Å². The molecular weight excluding hydrogens is 378 g/mol. The number of carboxylic acid groups (broad SMARTS) is 1. The Kier molecular flexibility index (Phi) is 4.56. The molecule has 0 saturated carbocycles. The molecule has 0 amide bonds. The van der Waals surface area contributed by atoms with Gasteiger partial charge >= 0.3 is 0 Å². The minimum absolute atomic E-state index is 0.260. The lowest BCUT2D eigenvalue weighted by Crippen LogP contribution is -2.26. The lowest BCUT2D eigenvalue weighted by atomic mass is 10.2. The van der Waals surface area contributed by atoms with Crippen LogP contribution in [0.15, 0.2) is 52.4 Å². The highest BCUT2D eigenvalue weighted by Crippen LogP contribution is 2.30. The zero-order valence-corrected chi connectivity index (χ0v) is 16.0. The molecule has 4 rings (SSSR count). The summed E-state index contributed by atoms with van der Waals surface area (Å²) >= 11 is 0.936. The minimum atomic E-state index is -1.24. The Morgan fingerprint density at radius 3 is 2.82 bits per heavy atom. The van der Waals surface area contributed by atoms with Crippen LogP contribution in [0.2, 0.25) is 0 Å². The minimum Gasteiger partial charge on any atom is -0.549 e. The Morgan fingerprint density at radius 1 is 1.29 bits per heavy atom. The summed E-state index contributed by atoms with van der Waals surface area (Å²) in [5, 5.41) is 12.1. The number of carbonyl (C=O) groups excluding carboxylic acids is 1. The lowest BCUT2D eigenvalue weighted by molar-refractivity contribution is -0.301. The summed E-state index contributed by atoms with van der Waals surface area (Å²) in [6, 6.07) is 12.9. The second-order valence-electron chi connectivity index (χ2n) is 6.27. The molecule has 1 N–H and O–H groups in total. The van der Waals surface area contributed by atoms with Crippen molar-refractivity contribution in [2.45, 2.75) is 12.1 Å². The number of carbonyl (C=O) groups is 1. The molecule has 0 atom stereocenters. The standard InChI is InChI=1S/C20H17N3O4S/c1-11-7-8-15(27-2)14(9-11)23-19(26)18-17(22-20(23)28-10-16(24)25)12-5-3-4-6-13(12)21-18/h3-9,21H,10H2,1-2H3,(H,24,25)/p-1. The highest BCUT2D eigenvalue weighted by Gasteiger charge is 2.19. The molecule has 8 heteroatoms. The van der Waals surface area contributed by atoms with Crippen molar-refractivity contribution in [1.29, 1.82) is 0 Å². The van der Waals surface area contributed by atoms with E-state index in [2.05, 4.69) is 9.97 Å². The zero-order chi connectivity index (χ0) is 19.8. The third kappa shape index (κ3) is 3.01. The first-order valence-electron chi connectivity index (χ1n) is 8.50. The molecule has 0 unspecified atom stereocenters. The number of carboxylic acids is 1. The van der Waals surface area contributed by atoms with Crippen molar-refractivity contribution in [3.63, 3.8) is 0 Å². The first kappa shape index (κ1) is 18.1. The van der Waals surface area contributed by atoms with E-state index < -0.39 is 5.97 Å². The molecule has 0 aliphatic carbocycles. The van der Waals surface area contributed by atoms with Crippen LogP contribution in [-0.2, 0) is 4.79 Å². The molecule has 7 nitrogen and oxygen atoms in total. The van der Waals surface area contributed by atoms with Crippen LogP contribution in [0.25, 0.3) is 27.6 Å². The number of benzene rings is 2. The van der Waals surface area contributed by atoms with Crippen LogP contribution in [-0.4, -0.2) is 33.4 Å². The van der Waals surface area contributed by atoms with Crippen molar-refractivity contribution in [2.24, 2.45) is 0 Å². The van der Waals surface area contributed by atoms with Crippen LogP contribution in [0.3, 0.4) is 0 Å². The van der Waals surface area contributed by atoms with E-state index in [4.69, 9.17) is 4.74 Å². The maximum absolute atomic E-state index is 13.4. The highest BCUT2D eigenvalue weighted by atomic mass is 32.2. The van der Waals surface area contributed by atoms with E-state index in [1.54, 1.807) is 12.1 Å². The molecule has 0 aliphatic heterocycles. The number of fused-ring (bicyclic) bond motifs is 3. The molecule has 2 aromatic carbocycles. The average Bonchev–Trinajstić information content (AvgIpc) is 3.05. The summed E-state index contributed by atoms with van der Waals surface area (Å²) in [6.07, 6.45) is 0. The van der Waals surface area contributed by atoms with E-state index in [0.717, 1.165) is 28.2 Å². The third-order valence-electron chi connectivity index (χ3n) is 4.39. The van der Waals surface area contributed by atoms with Gasteiger partial charge in [-0.1, -0.05) is 36.0 Å². The second kappa shape index (κ2) is 7.05. The van der Waals surface area contributed by atoms with Crippen LogP contribution >= 0.6 is 11.8 Å². The van der Waals surface area contributed by atoms with Crippen molar-refractivity contribution in [3.8, 4) is 11.4 Å². The number of aryl methyl sites for hydroxylation is 1. The maximum Gasteiger partial charge on any atom is 0.283 e. The second-order valence-corrected chi connectivity index (χ2v) is 7.21. The molecule has 0 bridgehead atoms. The lowest BCUT2D eigenvalue weighted by Gasteiger charge is -2.15. The number of ether oxygens (including phenoxy) is 1. The molecule has 4 aromatic rings. The van der Waals surface area contributed by atoms with Gasteiger partial charge in [-0.2, -0.15) is 0 Å². The van der Waals surface area contributed by atoms with Crippen molar-refractivity contribution in [2.75, 3.05) is 12.9 Å². The SMILES string of the molecule is COc1ccc(C)cc1-n1c(SCC(=O)[O-])nc2c([nH]c3ccccc32)c1=O. The summed E-state index contributed by atoms with van der Waals surface area (Å²) < 4.78 is 6.81. The number of thioether (sulfide) groups is 1. The molecule has 0 radical (unpaired) electrons. The number of aromatic nitrogens is 3. The van der Waals surface area contributed by atoms with Gasteiger partial charge < -0.3 is 19.6 Å². The summed E-state index contributed by atoms with van der Waals surface area (Å²) in [5.74, 6) is -1.07.